The second-order valence-electron chi connectivity index (χ2n) is 17.2. The van der Waals surface area contributed by atoms with Gasteiger partial charge in [-0.25, -0.2) is 0 Å². The minimum absolute atomic E-state index is 0.869. The van der Waals surface area contributed by atoms with E-state index in [0.29, 0.717) is 0 Å². The van der Waals surface area contributed by atoms with Crippen molar-refractivity contribution in [3.05, 3.63) is 255 Å². The van der Waals surface area contributed by atoms with Crippen LogP contribution in [-0.4, -0.2) is 4.57 Å². The zero-order chi connectivity index (χ0) is 44.3. The Morgan fingerprint density at radius 2 is 0.955 bits per heavy atom. The first kappa shape index (κ1) is 38.5. The van der Waals surface area contributed by atoms with Gasteiger partial charge in [-0.3, -0.25) is 0 Å². The molecule has 0 N–H and O–H groups in total. The Morgan fingerprint density at radius 1 is 0.343 bits per heavy atom. The number of rotatable bonds is 8. The highest BCUT2D eigenvalue weighted by Gasteiger charge is 2.26. The fourth-order valence-corrected chi connectivity index (χ4v) is 10.4. The first-order valence-corrected chi connectivity index (χ1v) is 22.9. The Kier molecular flexibility index (Phi) is 9.17. The summed E-state index contributed by atoms with van der Waals surface area (Å²) in [6.07, 6.45) is 0. The van der Waals surface area contributed by atoms with E-state index in [-0.39, 0.29) is 0 Å². The van der Waals surface area contributed by atoms with Crippen LogP contribution in [0.5, 0.6) is 0 Å². The van der Waals surface area contributed by atoms with E-state index in [2.05, 4.69) is 258 Å². The van der Waals surface area contributed by atoms with Crippen molar-refractivity contribution in [1.29, 1.82) is 0 Å². The molecule has 0 saturated carbocycles. The second kappa shape index (κ2) is 16.0. The van der Waals surface area contributed by atoms with Gasteiger partial charge in [0.1, 0.15) is 11.2 Å². The van der Waals surface area contributed by atoms with Gasteiger partial charge in [-0.2, -0.15) is 0 Å². The molecule has 13 rings (SSSR count). The molecule has 0 spiro atoms. The number of para-hydroxylation sites is 5. The summed E-state index contributed by atoms with van der Waals surface area (Å²) in [6.45, 7) is 0. The second-order valence-corrected chi connectivity index (χ2v) is 17.2. The SMILES string of the molecule is c1ccc(-c2cccc(N(c3ccccc3-c3cccc4c5ccccc5n(-c5ccccc5)c34)c3cccc(-c4cccc5oc6ccccc6c45)c3-c3ccc4ccccc4c3)c2)cc1. The van der Waals surface area contributed by atoms with Gasteiger partial charge in [0.05, 0.1) is 22.4 Å². The lowest BCUT2D eigenvalue weighted by atomic mass is 9.88. The van der Waals surface area contributed by atoms with Crippen LogP contribution in [0.4, 0.5) is 17.1 Å². The van der Waals surface area contributed by atoms with Gasteiger partial charge in [0, 0.05) is 49.6 Å². The Labute approximate surface area is 388 Å². The van der Waals surface area contributed by atoms with Gasteiger partial charge in [-0.1, -0.05) is 194 Å². The van der Waals surface area contributed by atoms with E-state index in [0.717, 1.165) is 89.2 Å². The summed E-state index contributed by atoms with van der Waals surface area (Å²) in [7, 11) is 0. The van der Waals surface area contributed by atoms with Crippen LogP contribution in [0.15, 0.2) is 259 Å². The van der Waals surface area contributed by atoms with E-state index in [1.807, 2.05) is 6.07 Å². The predicted molar refractivity (Wildman–Crippen MR) is 282 cm³/mol. The topological polar surface area (TPSA) is 21.3 Å². The lowest BCUT2D eigenvalue weighted by Crippen LogP contribution is -2.13. The minimum atomic E-state index is 0.869. The van der Waals surface area contributed by atoms with Crippen LogP contribution in [0.3, 0.4) is 0 Å². The molecule has 0 aliphatic heterocycles. The molecule has 0 aliphatic rings. The molecule has 0 unspecified atom stereocenters. The molecule has 2 aromatic heterocycles. The lowest BCUT2D eigenvalue weighted by molar-refractivity contribution is 0.669. The van der Waals surface area contributed by atoms with Crippen molar-refractivity contribution in [2.75, 3.05) is 4.90 Å². The van der Waals surface area contributed by atoms with Crippen LogP contribution in [0.25, 0.3) is 105 Å². The molecule has 314 valence electrons. The molecule has 0 radical (unpaired) electrons. The zero-order valence-corrected chi connectivity index (χ0v) is 36.6. The molecule has 0 fully saturated rings. The Morgan fingerprint density at radius 3 is 1.85 bits per heavy atom. The molecule has 13 aromatic rings. The van der Waals surface area contributed by atoms with E-state index in [9.17, 15) is 0 Å². The monoisotopic (exact) mass is 854 g/mol. The third kappa shape index (κ3) is 6.43. The average molecular weight is 855 g/mol. The smallest absolute Gasteiger partial charge is 0.136 e. The molecule has 0 saturated heterocycles. The van der Waals surface area contributed by atoms with E-state index in [4.69, 9.17) is 4.42 Å². The molecule has 2 heterocycles. The van der Waals surface area contributed by atoms with Gasteiger partial charge in [-0.05, 0) is 99.3 Å². The van der Waals surface area contributed by atoms with Crippen molar-refractivity contribution in [2.24, 2.45) is 0 Å². The number of aromatic nitrogens is 1. The molecule has 0 amide bonds. The summed E-state index contributed by atoms with van der Waals surface area (Å²) >= 11 is 0. The number of hydrogen-bond donors (Lipinski definition) is 0. The van der Waals surface area contributed by atoms with Crippen molar-refractivity contribution < 1.29 is 4.42 Å². The third-order valence-electron chi connectivity index (χ3n) is 13.4. The van der Waals surface area contributed by atoms with Crippen LogP contribution in [0, 0.1) is 0 Å². The molecular weight excluding hydrogens is 813 g/mol. The molecule has 0 atom stereocenters. The van der Waals surface area contributed by atoms with Gasteiger partial charge in [0.25, 0.3) is 0 Å². The van der Waals surface area contributed by atoms with E-state index >= 15 is 0 Å². The largest absolute Gasteiger partial charge is 0.456 e. The zero-order valence-electron chi connectivity index (χ0n) is 36.6. The highest BCUT2D eigenvalue weighted by molar-refractivity contribution is 6.17. The maximum atomic E-state index is 6.54. The molecular formula is C64H42N2O. The molecule has 67 heavy (non-hydrogen) atoms. The van der Waals surface area contributed by atoms with E-state index < -0.39 is 0 Å². The molecule has 11 aromatic carbocycles. The fraction of sp³-hybridized carbons (Fsp3) is 0. The van der Waals surface area contributed by atoms with Crippen molar-refractivity contribution in [1.82, 2.24) is 4.57 Å². The van der Waals surface area contributed by atoms with E-state index in [1.165, 1.54) is 32.6 Å². The number of fused-ring (bicyclic) bond motifs is 7. The minimum Gasteiger partial charge on any atom is -0.456 e. The molecule has 3 heteroatoms. The van der Waals surface area contributed by atoms with E-state index in [1.54, 1.807) is 0 Å². The summed E-state index contributed by atoms with van der Waals surface area (Å²) in [4.78, 5) is 2.50. The van der Waals surface area contributed by atoms with Gasteiger partial charge in [-0.15, -0.1) is 0 Å². The van der Waals surface area contributed by atoms with Gasteiger partial charge < -0.3 is 13.9 Å². The third-order valence-corrected chi connectivity index (χ3v) is 13.4. The maximum absolute atomic E-state index is 6.54. The van der Waals surface area contributed by atoms with Gasteiger partial charge >= 0.3 is 0 Å². The molecule has 3 nitrogen and oxygen atoms in total. The summed E-state index contributed by atoms with van der Waals surface area (Å²) < 4.78 is 8.98. The first-order chi connectivity index (χ1) is 33.3. The van der Waals surface area contributed by atoms with Crippen LogP contribution in [-0.2, 0) is 0 Å². The number of anilines is 3. The molecule has 0 aliphatic carbocycles. The highest BCUT2D eigenvalue weighted by Crippen LogP contribution is 2.51. The number of hydrogen-bond acceptors (Lipinski definition) is 2. The highest BCUT2D eigenvalue weighted by atomic mass is 16.3. The number of benzene rings is 11. The summed E-state index contributed by atoms with van der Waals surface area (Å²) in [5.74, 6) is 0. The van der Waals surface area contributed by atoms with Crippen molar-refractivity contribution in [3.63, 3.8) is 0 Å². The summed E-state index contributed by atoms with van der Waals surface area (Å²) in [5.41, 5.74) is 17.5. The summed E-state index contributed by atoms with van der Waals surface area (Å²) in [6, 6.07) is 92.2. The molecule has 0 bridgehead atoms. The van der Waals surface area contributed by atoms with Crippen molar-refractivity contribution in [3.8, 4) is 50.2 Å². The number of nitrogens with zero attached hydrogens (tertiary/aromatic N) is 2. The Bertz CT molecular complexity index is 3990. The van der Waals surface area contributed by atoms with Crippen molar-refractivity contribution in [2.45, 2.75) is 0 Å². The van der Waals surface area contributed by atoms with Crippen LogP contribution < -0.4 is 4.90 Å². The van der Waals surface area contributed by atoms with Crippen LogP contribution >= 0.6 is 0 Å². The average Bonchev–Trinajstić information content (AvgIpc) is 3.96. The Hall–Kier alpha value is -8.92. The quantitative estimate of drug-likeness (QED) is 0.152. The van der Waals surface area contributed by atoms with Crippen molar-refractivity contribution >= 4 is 71.6 Å². The number of furan rings is 1. The maximum Gasteiger partial charge on any atom is 0.136 e. The van der Waals surface area contributed by atoms with Crippen LogP contribution in [0.2, 0.25) is 0 Å². The van der Waals surface area contributed by atoms with Gasteiger partial charge in [0.2, 0.25) is 0 Å². The lowest BCUT2D eigenvalue weighted by Gasteiger charge is -2.31. The normalized spacial score (nSPS) is 11.6. The first-order valence-electron chi connectivity index (χ1n) is 22.9. The fourth-order valence-electron chi connectivity index (χ4n) is 10.4. The van der Waals surface area contributed by atoms with Crippen LogP contribution in [0.1, 0.15) is 0 Å². The standard InChI is InChI=1S/C64H42N2O/c1-3-19-43(20-4-1)46-23-15-26-49(42-46)65(57-34-12-9-27-50(57)54-32-16-33-55-51-28-10-13-35-58(51)66(64(54)55)48-24-5-2-6-25-48)59-36-17-30-52(62(59)47-40-39-44-21-7-8-22-45(44)41-47)53-31-18-38-61-63(53)56-29-11-14-37-60(56)67-61/h1-42H. The Balaban J connectivity index is 1.14. The predicted octanol–water partition coefficient (Wildman–Crippen LogP) is 18.0. The summed E-state index contributed by atoms with van der Waals surface area (Å²) in [5, 5.41) is 7.03. The van der Waals surface area contributed by atoms with Gasteiger partial charge in [0.15, 0.2) is 0 Å².